The Kier molecular flexibility index (Phi) is 5.23. The largest absolute Gasteiger partial charge is 0.352 e. The maximum Gasteiger partial charge on any atom is 0.255 e. The fourth-order valence-electron chi connectivity index (χ4n) is 2.70. The van der Waals surface area contributed by atoms with Crippen molar-refractivity contribution in [2.24, 2.45) is 0 Å². The smallest absolute Gasteiger partial charge is 0.255 e. The van der Waals surface area contributed by atoms with Gasteiger partial charge in [0.2, 0.25) is 0 Å². The number of fused-ring (bicyclic) bond motifs is 1. The van der Waals surface area contributed by atoms with Crippen LogP contribution in [0.5, 0.6) is 0 Å². The molecule has 0 aliphatic carbocycles. The Morgan fingerprint density at radius 2 is 2.04 bits per heavy atom. The van der Waals surface area contributed by atoms with Crippen LogP contribution in [0.25, 0.3) is 10.9 Å². The fraction of sp³-hybridized carbons (Fsp3) is 0.250. The van der Waals surface area contributed by atoms with Gasteiger partial charge in [0.05, 0.1) is 28.7 Å². The van der Waals surface area contributed by atoms with Gasteiger partial charge in [0.25, 0.3) is 5.91 Å². The zero-order chi connectivity index (χ0) is 17.6. The summed E-state index contributed by atoms with van der Waals surface area (Å²) in [5.74, 6) is -0.0133. The molecule has 0 radical (unpaired) electrons. The van der Waals surface area contributed by atoms with Crippen molar-refractivity contribution in [1.29, 1.82) is 0 Å². The standard InChI is InChI=1S/C20H22N4O/c1-3-4-11-24(2)20(25)16-12-17(14-21-13-16)23-18-9-5-7-15-8-6-10-22-19(15)18/h5-10,12-14,23H,3-4,11H2,1-2H3. The third-order valence-corrected chi connectivity index (χ3v) is 4.09. The zero-order valence-corrected chi connectivity index (χ0v) is 14.6. The summed E-state index contributed by atoms with van der Waals surface area (Å²) < 4.78 is 0. The summed E-state index contributed by atoms with van der Waals surface area (Å²) in [5.41, 5.74) is 3.13. The number of carbonyl (C=O) groups excluding carboxylic acids is 1. The number of unbranched alkanes of at least 4 members (excludes halogenated alkanes) is 1. The van der Waals surface area contributed by atoms with E-state index in [1.165, 1.54) is 0 Å². The van der Waals surface area contributed by atoms with Crippen LogP contribution < -0.4 is 5.32 Å². The molecule has 5 heteroatoms. The molecule has 2 aromatic heterocycles. The first-order valence-corrected chi connectivity index (χ1v) is 8.50. The lowest BCUT2D eigenvalue weighted by Crippen LogP contribution is -2.27. The van der Waals surface area contributed by atoms with Gasteiger partial charge in [-0.1, -0.05) is 31.5 Å². The van der Waals surface area contributed by atoms with Crippen LogP contribution in [-0.2, 0) is 0 Å². The Morgan fingerprint density at radius 1 is 1.20 bits per heavy atom. The van der Waals surface area contributed by atoms with Gasteiger partial charge in [-0.25, -0.2) is 0 Å². The van der Waals surface area contributed by atoms with Crippen molar-refractivity contribution in [3.8, 4) is 0 Å². The van der Waals surface area contributed by atoms with E-state index in [9.17, 15) is 4.79 Å². The van der Waals surface area contributed by atoms with E-state index in [4.69, 9.17) is 0 Å². The Hall–Kier alpha value is -2.95. The minimum atomic E-state index is -0.0133. The molecule has 0 aliphatic rings. The van der Waals surface area contributed by atoms with Gasteiger partial charge in [-0.3, -0.25) is 14.8 Å². The van der Waals surface area contributed by atoms with E-state index in [2.05, 4.69) is 22.2 Å². The first kappa shape index (κ1) is 16.9. The molecule has 0 aliphatic heterocycles. The van der Waals surface area contributed by atoms with Gasteiger partial charge >= 0.3 is 0 Å². The molecule has 0 saturated heterocycles. The predicted molar refractivity (Wildman–Crippen MR) is 101 cm³/mol. The van der Waals surface area contributed by atoms with Crippen LogP contribution in [0.1, 0.15) is 30.1 Å². The van der Waals surface area contributed by atoms with Crippen LogP contribution in [0.2, 0.25) is 0 Å². The average Bonchev–Trinajstić information content (AvgIpc) is 2.66. The minimum Gasteiger partial charge on any atom is -0.352 e. The molecule has 1 N–H and O–H groups in total. The molecule has 3 aromatic rings. The van der Waals surface area contributed by atoms with E-state index in [1.54, 1.807) is 23.5 Å². The van der Waals surface area contributed by atoms with E-state index in [0.717, 1.165) is 41.7 Å². The second-order valence-corrected chi connectivity index (χ2v) is 6.05. The fourth-order valence-corrected chi connectivity index (χ4v) is 2.70. The van der Waals surface area contributed by atoms with Gasteiger partial charge in [0, 0.05) is 31.4 Å². The van der Waals surface area contributed by atoms with E-state index in [0.29, 0.717) is 5.56 Å². The van der Waals surface area contributed by atoms with E-state index in [-0.39, 0.29) is 5.91 Å². The molecule has 0 spiro atoms. The van der Waals surface area contributed by atoms with Gasteiger partial charge in [-0.05, 0) is 24.6 Å². The molecule has 0 saturated carbocycles. The number of nitrogens with zero attached hydrogens (tertiary/aromatic N) is 3. The van der Waals surface area contributed by atoms with Crippen molar-refractivity contribution in [2.45, 2.75) is 19.8 Å². The molecule has 2 heterocycles. The molecule has 3 rings (SSSR count). The maximum atomic E-state index is 12.5. The summed E-state index contributed by atoms with van der Waals surface area (Å²) in [6.07, 6.45) is 7.15. The molecule has 0 bridgehead atoms. The Bertz CT molecular complexity index is 873. The minimum absolute atomic E-state index is 0.0133. The quantitative estimate of drug-likeness (QED) is 0.732. The number of aromatic nitrogens is 2. The molecule has 0 fully saturated rings. The van der Waals surface area contributed by atoms with Crippen molar-refractivity contribution in [2.75, 3.05) is 18.9 Å². The lowest BCUT2D eigenvalue weighted by molar-refractivity contribution is 0.0793. The van der Waals surface area contributed by atoms with Crippen molar-refractivity contribution in [3.05, 3.63) is 60.6 Å². The highest BCUT2D eigenvalue weighted by molar-refractivity contribution is 5.96. The first-order chi connectivity index (χ1) is 12.2. The summed E-state index contributed by atoms with van der Waals surface area (Å²) >= 11 is 0. The number of anilines is 2. The van der Waals surface area contributed by atoms with Gasteiger partial charge in [0.15, 0.2) is 0 Å². The van der Waals surface area contributed by atoms with Crippen molar-refractivity contribution in [3.63, 3.8) is 0 Å². The monoisotopic (exact) mass is 334 g/mol. The average molecular weight is 334 g/mol. The molecule has 5 nitrogen and oxygen atoms in total. The number of para-hydroxylation sites is 1. The summed E-state index contributed by atoms with van der Waals surface area (Å²) in [5, 5.41) is 4.39. The molecular formula is C20H22N4O. The maximum absolute atomic E-state index is 12.5. The molecule has 128 valence electrons. The van der Waals surface area contributed by atoms with Crippen molar-refractivity contribution < 1.29 is 4.79 Å². The molecule has 25 heavy (non-hydrogen) atoms. The number of nitrogens with one attached hydrogen (secondary N) is 1. The molecular weight excluding hydrogens is 312 g/mol. The SMILES string of the molecule is CCCCN(C)C(=O)c1cncc(Nc2cccc3cccnc23)c1. The molecule has 1 amide bonds. The summed E-state index contributed by atoms with van der Waals surface area (Å²) in [7, 11) is 1.83. The van der Waals surface area contributed by atoms with Crippen LogP contribution in [0.3, 0.4) is 0 Å². The van der Waals surface area contributed by atoms with Crippen molar-refractivity contribution in [1.82, 2.24) is 14.9 Å². The summed E-state index contributed by atoms with van der Waals surface area (Å²) in [6.45, 7) is 2.86. The number of pyridine rings is 2. The highest BCUT2D eigenvalue weighted by Crippen LogP contribution is 2.24. The molecule has 0 atom stereocenters. The van der Waals surface area contributed by atoms with Gasteiger partial charge in [-0.2, -0.15) is 0 Å². The van der Waals surface area contributed by atoms with Gasteiger partial charge < -0.3 is 10.2 Å². The topological polar surface area (TPSA) is 58.1 Å². The first-order valence-electron chi connectivity index (χ1n) is 8.50. The van der Waals surface area contributed by atoms with Crippen LogP contribution in [0.15, 0.2) is 55.0 Å². The lowest BCUT2D eigenvalue weighted by atomic mass is 10.2. The molecule has 1 aromatic carbocycles. The number of rotatable bonds is 6. The van der Waals surface area contributed by atoms with Crippen LogP contribution >= 0.6 is 0 Å². The third kappa shape index (κ3) is 3.94. The Labute approximate surface area is 147 Å². The number of benzene rings is 1. The van der Waals surface area contributed by atoms with E-state index < -0.39 is 0 Å². The van der Waals surface area contributed by atoms with Crippen LogP contribution in [-0.4, -0.2) is 34.4 Å². The van der Waals surface area contributed by atoms with Crippen LogP contribution in [0.4, 0.5) is 11.4 Å². The number of hydrogen-bond acceptors (Lipinski definition) is 4. The third-order valence-electron chi connectivity index (χ3n) is 4.09. The zero-order valence-electron chi connectivity index (χ0n) is 14.6. The van der Waals surface area contributed by atoms with Gasteiger partial charge in [-0.15, -0.1) is 0 Å². The van der Waals surface area contributed by atoms with E-state index >= 15 is 0 Å². The number of hydrogen-bond donors (Lipinski definition) is 1. The highest BCUT2D eigenvalue weighted by Gasteiger charge is 2.12. The van der Waals surface area contributed by atoms with Crippen LogP contribution in [0, 0.1) is 0 Å². The second-order valence-electron chi connectivity index (χ2n) is 6.05. The lowest BCUT2D eigenvalue weighted by Gasteiger charge is -2.17. The Balaban J connectivity index is 1.83. The van der Waals surface area contributed by atoms with Gasteiger partial charge in [0.1, 0.15) is 0 Å². The Morgan fingerprint density at radius 3 is 2.88 bits per heavy atom. The summed E-state index contributed by atoms with van der Waals surface area (Å²) in [4.78, 5) is 22.9. The normalized spacial score (nSPS) is 10.6. The predicted octanol–water partition coefficient (Wildman–Crippen LogP) is 4.25. The van der Waals surface area contributed by atoms with E-state index in [1.807, 2.05) is 43.4 Å². The number of carbonyl (C=O) groups is 1. The second kappa shape index (κ2) is 7.75. The molecule has 0 unspecified atom stereocenters. The summed E-state index contributed by atoms with van der Waals surface area (Å²) in [6, 6.07) is 11.7. The van der Waals surface area contributed by atoms with Crippen molar-refractivity contribution >= 4 is 28.2 Å². The highest BCUT2D eigenvalue weighted by atomic mass is 16.2. The number of amides is 1.